The average molecular weight is 203 g/mol. The van der Waals surface area contributed by atoms with Crippen LogP contribution in [0.3, 0.4) is 0 Å². The van der Waals surface area contributed by atoms with Gasteiger partial charge in [-0.2, -0.15) is 0 Å². The van der Waals surface area contributed by atoms with Crippen LogP contribution in [-0.4, -0.2) is 13.0 Å². The number of carbonyl (C=O) groups excluding carboxylic acids is 1. The molecule has 0 aliphatic carbocycles. The molecule has 4 nitrogen and oxygen atoms in total. The van der Waals surface area contributed by atoms with E-state index in [2.05, 4.69) is 0 Å². The van der Waals surface area contributed by atoms with Gasteiger partial charge in [-0.05, 0) is 18.2 Å². The Labute approximate surface area is 82.3 Å². The fraction of sp³-hybridized carbons (Fsp3) is 0.125. The minimum atomic E-state index is -0.542. The van der Waals surface area contributed by atoms with Gasteiger partial charge in [0.15, 0.2) is 0 Å². The van der Waals surface area contributed by atoms with Crippen LogP contribution in [0.4, 0.5) is 5.69 Å². The highest BCUT2D eigenvalue weighted by Crippen LogP contribution is 2.19. The summed E-state index contributed by atoms with van der Waals surface area (Å²) in [6.07, 6.45) is 0. The van der Waals surface area contributed by atoms with Gasteiger partial charge in [0.2, 0.25) is 0 Å². The molecule has 0 saturated heterocycles. The maximum Gasteiger partial charge on any atom is 0.252 e. The van der Waals surface area contributed by atoms with Gasteiger partial charge in [-0.25, -0.2) is 0 Å². The highest BCUT2D eigenvalue weighted by molar-refractivity contribution is 5.96. The van der Waals surface area contributed by atoms with E-state index in [1.165, 1.54) is 13.2 Å². The maximum atomic E-state index is 10.8. The Balaban J connectivity index is 0.00000144. The third kappa shape index (κ3) is 2.52. The first kappa shape index (κ1) is 11.6. The van der Waals surface area contributed by atoms with Gasteiger partial charge < -0.3 is 16.2 Å². The highest BCUT2D eigenvalue weighted by atomic mass is 35.5. The average Bonchev–Trinajstić information content (AvgIpc) is 2.04. The van der Waals surface area contributed by atoms with E-state index < -0.39 is 5.91 Å². The molecule has 0 radical (unpaired) electrons. The largest absolute Gasteiger partial charge is 0.496 e. The summed E-state index contributed by atoms with van der Waals surface area (Å²) in [5, 5.41) is 0. The Morgan fingerprint density at radius 3 is 2.54 bits per heavy atom. The van der Waals surface area contributed by atoms with Crippen LogP contribution in [-0.2, 0) is 0 Å². The molecule has 5 heteroatoms. The number of halogens is 1. The molecule has 0 fully saturated rings. The van der Waals surface area contributed by atoms with E-state index in [0.29, 0.717) is 17.0 Å². The van der Waals surface area contributed by atoms with Crippen molar-refractivity contribution in [2.24, 2.45) is 5.73 Å². The zero-order valence-electron chi connectivity index (χ0n) is 7.11. The van der Waals surface area contributed by atoms with Crippen LogP contribution in [0.2, 0.25) is 0 Å². The van der Waals surface area contributed by atoms with Crippen LogP contribution in [0.5, 0.6) is 5.75 Å². The molecule has 13 heavy (non-hydrogen) atoms. The van der Waals surface area contributed by atoms with E-state index in [1.54, 1.807) is 12.1 Å². The van der Waals surface area contributed by atoms with Gasteiger partial charge in [0.1, 0.15) is 5.75 Å². The number of ether oxygens (including phenoxy) is 1. The second kappa shape index (κ2) is 4.57. The summed E-state index contributed by atoms with van der Waals surface area (Å²) >= 11 is 0. The number of methoxy groups -OCH3 is 1. The van der Waals surface area contributed by atoms with Crippen LogP contribution in [0, 0.1) is 0 Å². The SMILES string of the molecule is COc1ccc(N)cc1C(N)=O.Cl. The fourth-order valence-corrected chi connectivity index (χ4v) is 0.918. The topological polar surface area (TPSA) is 78.3 Å². The van der Waals surface area contributed by atoms with E-state index in [1.807, 2.05) is 0 Å². The van der Waals surface area contributed by atoms with Crippen molar-refractivity contribution >= 4 is 24.0 Å². The van der Waals surface area contributed by atoms with Crippen LogP contribution in [0.15, 0.2) is 18.2 Å². The Bertz CT molecular complexity index is 315. The number of benzene rings is 1. The number of nitrogen functional groups attached to an aromatic ring is 1. The summed E-state index contributed by atoms with van der Waals surface area (Å²) in [6.45, 7) is 0. The first-order valence-corrected chi connectivity index (χ1v) is 3.38. The van der Waals surface area contributed by atoms with Gasteiger partial charge in [0, 0.05) is 5.69 Å². The molecule has 0 aliphatic rings. The van der Waals surface area contributed by atoms with Gasteiger partial charge in [0.25, 0.3) is 5.91 Å². The van der Waals surface area contributed by atoms with Crippen molar-refractivity contribution in [2.75, 3.05) is 12.8 Å². The zero-order chi connectivity index (χ0) is 9.14. The van der Waals surface area contributed by atoms with Crippen molar-refractivity contribution in [3.63, 3.8) is 0 Å². The van der Waals surface area contributed by atoms with Gasteiger partial charge in [-0.3, -0.25) is 4.79 Å². The first-order valence-electron chi connectivity index (χ1n) is 3.38. The van der Waals surface area contributed by atoms with Crippen molar-refractivity contribution in [3.8, 4) is 5.75 Å². The van der Waals surface area contributed by atoms with Crippen molar-refractivity contribution in [3.05, 3.63) is 23.8 Å². The Morgan fingerprint density at radius 1 is 1.46 bits per heavy atom. The van der Waals surface area contributed by atoms with E-state index in [-0.39, 0.29) is 12.4 Å². The number of hydrogen-bond donors (Lipinski definition) is 2. The third-order valence-electron chi connectivity index (χ3n) is 1.49. The monoisotopic (exact) mass is 202 g/mol. The summed E-state index contributed by atoms with van der Waals surface area (Å²) in [4.78, 5) is 10.8. The highest BCUT2D eigenvalue weighted by Gasteiger charge is 2.07. The second-order valence-electron chi connectivity index (χ2n) is 2.32. The van der Waals surface area contributed by atoms with Crippen molar-refractivity contribution in [1.29, 1.82) is 0 Å². The molecular formula is C8H11ClN2O2. The Morgan fingerprint density at radius 2 is 2.08 bits per heavy atom. The predicted molar refractivity (Wildman–Crippen MR) is 53.2 cm³/mol. The maximum absolute atomic E-state index is 10.8. The van der Waals surface area contributed by atoms with Crippen LogP contribution >= 0.6 is 12.4 Å². The molecule has 0 heterocycles. The van der Waals surface area contributed by atoms with Gasteiger partial charge in [-0.15, -0.1) is 12.4 Å². The van der Waals surface area contributed by atoms with E-state index >= 15 is 0 Å². The molecule has 1 aromatic carbocycles. The van der Waals surface area contributed by atoms with Crippen LogP contribution < -0.4 is 16.2 Å². The molecule has 0 spiro atoms. The molecule has 0 atom stereocenters. The summed E-state index contributed by atoms with van der Waals surface area (Å²) in [6, 6.07) is 4.74. The van der Waals surface area contributed by atoms with Crippen LogP contribution in [0.1, 0.15) is 10.4 Å². The van der Waals surface area contributed by atoms with E-state index in [0.717, 1.165) is 0 Å². The number of nitrogens with two attached hydrogens (primary N) is 2. The lowest BCUT2D eigenvalue weighted by atomic mass is 10.1. The smallest absolute Gasteiger partial charge is 0.252 e. The minimum Gasteiger partial charge on any atom is -0.496 e. The number of primary amides is 1. The summed E-state index contributed by atoms with van der Waals surface area (Å²) in [7, 11) is 1.47. The summed E-state index contributed by atoms with van der Waals surface area (Å²) in [5.41, 5.74) is 11.3. The van der Waals surface area contributed by atoms with E-state index in [9.17, 15) is 4.79 Å². The number of hydrogen-bond acceptors (Lipinski definition) is 3. The summed E-state index contributed by atoms with van der Waals surface area (Å²) < 4.78 is 4.91. The second-order valence-corrected chi connectivity index (χ2v) is 2.32. The zero-order valence-corrected chi connectivity index (χ0v) is 7.93. The third-order valence-corrected chi connectivity index (χ3v) is 1.49. The molecule has 1 amide bonds. The van der Waals surface area contributed by atoms with Gasteiger partial charge in [0.05, 0.1) is 12.7 Å². The first-order chi connectivity index (χ1) is 5.65. The molecule has 0 unspecified atom stereocenters. The molecule has 1 aromatic rings. The number of anilines is 1. The lowest BCUT2D eigenvalue weighted by Gasteiger charge is -2.05. The molecule has 0 bridgehead atoms. The lowest BCUT2D eigenvalue weighted by Crippen LogP contribution is -2.12. The van der Waals surface area contributed by atoms with Gasteiger partial charge >= 0.3 is 0 Å². The molecule has 4 N–H and O–H groups in total. The Kier molecular flexibility index (Phi) is 4.07. The molecular weight excluding hydrogens is 192 g/mol. The summed E-state index contributed by atoms with van der Waals surface area (Å²) in [5.74, 6) is -0.101. The van der Waals surface area contributed by atoms with Crippen molar-refractivity contribution in [1.82, 2.24) is 0 Å². The van der Waals surface area contributed by atoms with Crippen molar-refractivity contribution in [2.45, 2.75) is 0 Å². The van der Waals surface area contributed by atoms with E-state index in [4.69, 9.17) is 16.2 Å². The molecule has 0 saturated carbocycles. The van der Waals surface area contributed by atoms with Crippen molar-refractivity contribution < 1.29 is 9.53 Å². The number of amides is 1. The van der Waals surface area contributed by atoms with Crippen LogP contribution in [0.25, 0.3) is 0 Å². The Hall–Kier alpha value is -1.42. The molecule has 0 aromatic heterocycles. The fourth-order valence-electron chi connectivity index (χ4n) is 0.918. The molecule has 1 rings (SSSR count). The predicted octanol–water partition coefficient (Wildman–Crippen LogP) is 0.798. The standard InChI is InChI=1S/C8H10N2O2.ClH/c1-12-7-3-2-5(9)4-6(7)8(10)11;/h2-4H,9H2,1H3,(H2,10,11);1H. The molecule has 72 valence electrons. The van der Waals surface area contributed by atoms with Gasteiger partial charge in [-0.1, -0.05) is 0 Å². The normalized spacial score (nSPS) is 8.69. The quantitative estimate of drug-likeness (QED) is 0.697. The minimum absolute atomic E-state index is 0. The number of rotatable bonds is 2. The molecule has 0 aliphatic heterocycles. The number of carbonyl (C=O) groups is 1. The lowest BCUT2D eigenvalue weighted by molar-refractivity contribution is 0.0997.